The van der Waals surface area contributed by atoms with Crippen molar-refractivity contribution >= 4 is 10.9 Å². The molecule has 1 atom stereocenters. The van der Waals surface area contributed by atoms with E-state index in [1.165, 1.54) is 11.1 Å². The van der Waals surface area contributed by atoms with Crippen LogP contribution in [0.4, 0.5) is 0 Å². The molecular formula is C27H32N6O. The maximum atomic E-state index is 13.5. The lowest BCUT2D eigenvalue weighted by Gasteiger charge is -2.36. The van der Waals surface area contributed by atoms with Crippen molar-refractivity contribution < 1.29 is 0 Å². The minimum atomic E-state index is -0.284. The Balaban J connectivity index is 1.57. The maximum Gasteiger partial charge on any atom is 0.253 e. The molecule has 5 rings (SSSR count). The molecule has 0 radical (unpaired) electrons. The van der Waals surface area contributed by atoms with Gasteiger partial charge in [0, 0.05) is 12.1 Å². The Labute approximate surface area is 199 Å². The molecule has 7 heteroatoms. The van der Waals surface area contributed by atoms with E-state index < -0.39 is 0 Å². The molecule has 2 aromatic carbocycles. The molecule has 1 N–H and O–H groups in total. The fourth-order valence-electron chi connectivity index (χ4n) is 4.98. The van der Waals surface area contributed by atoms with Gasteiger partial charge < -0.3 is 4.98 Å². The van der Waals surface area contributed by atoms with Gasteiger partial charge in [0.05, 0.1) is 5.52 Å². The highest BCUT2D eigenvalue weighted by molar-refractivity contribution is 5.83. The zero-order valence-corrected chi connectivity index (χ0v) is 20.2. The minimum absolute atomic E-state index is 0.0672. The van der Waals surface area contributed by atoms with Gasteiger partial charge in [-0.3, -0.25) is 9.69 Å². The number of aromatic amines is 1. The number of aryl methyl sites for hydroxylation is 4. The van der Waals surface area contributed by atoms with Crippen molar-refractivity contribution in [1.29, 1.82) is 0 Å². The summed E-state index contributed by atoms with van der Waals surface area (Å²) >= 11 is 0. The van der Waals surface area contributed by atoms with Crippen molar-refractivity contribution in [2.24, 2.45) is 5.92 Å². The number of pyridine rings is 1. The quantitative estimate of drug-likeness (QED) is 0.470. The molecule has 1 fully saturated rings. The highest BCUT2D eigenvalue weighted by Crippen LogP contribution is 2.31. The average molecular weight is 457 g/mol. The molecule has 2 aromatic heterocycles. The number of hydrogen-bond acceptors (Lipinski definition) is 5. The van der Waals surface area contributed by atoms with Crippen LogP contribution >= 0.6 is 0 Å². The van der Waals surface area contributed by atoms with E-state index >= 15 is 0 Å². The van der Waals surface area contributed by atoms with Crippen molar-refractivity contribution in [3.05, 3.63) is 87.0 Å². The van der Waals surface area contributed by atoms with Crippen LogP contribution in [0.3, 0.4) is 0 Å². The van der Waals surface area contributed by atoms with Crippen LogP contribution in [0.2, 0.25) is 0 Å². The number of H-pyrrole nitrogens is 1. The standard InChI is InChI=1S/C27H32N6O/c1-18-11-14-32(15-12-18)25(23-17-22-10-9-19(2)20(3)24(22)28-27(23)34)26-29-30-31-33(26)16-13-21-7-5-4-6-8-21/h4-10,17-18,25H,11-16H2,1-3H3,(H,28,34)/t25-/m1/s1. The first-order valence-electron chi connectivity index (χ1n) is 12.2. The zero-order valence-electron chi connectivity index (χ0n) is 20.2. The third kappa shape index (κ3) is 4.40. The molecule has 3 heterocycles. The first-order chi connectivity index (χ1) is 16.5. The van der Waals surface area contributed by atoms with Crippen LogP contribution in [0.15, 0.2) is 53.3 Å². The Morgan fingerprint density at radius 2 is 1.85 bits per heavy atom. The molecule has 34 heavy (non-hydrogen) atoms. The van der Waals surface area contributed by atoms with Gasteiger partial charge in [0.25, 0.3) is 5.56 Å². The third-order valence-corrected chi connectivity index (χ3v) is 7.32. The van der Waals surface area contributed by atoms with Gasteiger partial charge >= 0.3 is 0 Å². The number of hydrogen-bond donors (Lipinski definition) is 1. The van der Waals surface area contributed by atoms with Gasteiger partial charge in [-0.1, -0.05) is 49.4 Å². The molecule has 4 aromatic rings. The molecule has 1 aliphatic rings. The molecule has 176 valence electrons. The van der Waals surface area contributed by atoms with Gasteiger partial charge in [-0.25, -0.2) is 4.68 Å². The van der Waals surface area contributed by atoms with Crippen molar-refractivity contribution in [2.45, 2.75) is 52.6 Å². The lowest BCUT2D eigenvalue weighted by Crippen LogP contribution is -2.40. The van der Waals surface area contributed by atoms with Crippen LogP contribution < -0.4 is 5.56 Å². The third-order valence-electron chi connectivity index (χ3n) is 7.32. The van der Waals surface area contributed by atoms with Gasteiger partial charge in [-0.2, -0.15) is 0 Å². The first kappa shape index (κ1) is 22.5. The summed E-state index contributed by atoms with van der Waals surface area (Å²) in [5.74, 6) is 1.42. The first-order valence-corrected chi connectivity index (χ1v) is 12.2. The summed E-state index contributed by atoms with van der Waals surface area (Å²) in [4.78, 5) is 19.0. The van der Waals surface area contributed by atoms with Crippen LogP contribution in [0.25, 0.3) is 10.9 Å². The number of tetrazole rings is 1. The largest absolute Gasteiger partial charge is 0.321 e. The molecule has 1 saturated heterocycles. The summed E-state index contributed by atoms with van der Waals surface area (Å²) < 4.78 is 1.87. The Morgan fingerprint density at radius 3 is 2.62 bits per heavy atom. The summed E-state index contributed by atoms with van der Waals surface area (Å²) in [7, 11) is 0. The van der Waals surface area contributed by atoms with Crippen LogP contribution in [0.1, 0.15) is 53.9 Å². The maximum absolute atomic E-state index is 13.5. The molecule has 7 nitrogen and oxygen atoms in total. The molecule has 1 aliphatic heterocycles. The van der Waals surface area contributed by atoms with E-state index in [-0.39, 0.29) is 11.6 Å². The van der Waals surface area contributed by atoms with Gasteiger partial charge in [-0.05, 0) is 90.7 Å². The van der Waals surface area contributed by atoms with Gasteiger partial charge in [0.1, 0.15) is 6.04 Å². The second-order valence-corrected chi connectivity index (χ2v) is 9.64. The van der Waals surface area contributed by atoms with E-state index in [4.69, 9.17) is 0 Å². The highest BCUT2D eigenvalue weighted by atomic mass is 16.1. The van der Waals surface area contributed by atoms with Crippen LogP contribution in [0, 0.1) is 19.8 Å². The smallest absolute Gasteiger partial charge is 0.253 e. The molecular weight excluding hydrogens is 424 g/mol. The number of piperidine rings is 1. The molecule has 0 bridgehead atoms. The molecule has 0 spiro atoms. The number of likely N-dealkylation sites (tertiary alicyclic amines) is 1. The number of aromatic nitrogens is 5. The fourth-order valence-corrected chi connectivity index (χ4v) is 4.98. The number of nitrogens with zero attached hydrogens (tertiary/aromatic N) is 5. The molecule has 0 saturated carbocycles. The monoisotopic (exact) mass is 456 g/mol. The lowest BCUT2D eigenvalue weighted by atomic mass is 9.95. The Kier molecular flexibility index (Phi) is 6.28. The Morgan fingerprint density at radius 1 is 1.09 bits per heavy atom. The molecule has 0 unspecified atom stereocenters. The normalized spacial score (nSPS) is 16.2. The summed E-state index contributed by atoms with van der Waals surface area (Å²) in [6, 6.07) is 16.3. The predicted molar refractivity (Wildman–Crippen MR) is 134 cm³/mol. The zero-order chi connectivity index (χ0) is 23.7. The van der Waals surface area contributed by atoms with E-state index in [1.54, 1.807) is 0 Å². The van der Waals surface area contributed by atoms with E-state index in [1.807, 2.05) is 28.9 Å². The predicted octanol–water partition coefficient (Wildman–Crippen LogP) is 4.20. The number of benzene rings is 2. The summed E-state index contributed by atoms with van der Waals surface area (Å²) in [6.07, 6.45) is 3.03. The van der Waals surface area contributed by atoms with Crippen LogP contribution in [0.5, 0.6) is 0 Å². The van der Waals surface area contributed by atoms with Gasteiger partial charge in [0.2, 0.25) is 0 Å². The highest BCUT2D eigenvalue weighted by Gasteiger charge is 2.32. The Bertz CT molecular complexity index is 1330. The number of rotatable bonds is 6. The number of nitrogens with one attached hydrogen (secondary N) is 1. The molecule has 0 amide bonds. The average Bonchev–Trinajstić information content (AvgIpc) is 3.31. The second kappa shape index (κ2) is 9.50. The summed E-state index contributed by atoms with van der Waals surface area (Å²) in [5.41, 5.74) is 5.06. The van der Waals surface area contributed by atoms with E-state index in [9.17, 15) is 4.79 Å². The molecule has 0 aliphatic carbocycles. The summed E-state index contributed by atoms with van der Waals surface area (Å²) in [5, 5.41) is 13.9. The van der Waals surface area contributed by atoms with Gasteiger partial charge in [0.15, 0.2) is 5.82 Å². The van der Waals surface area contributed by atoms with E-state index in [0.29, 0.717) is 18.0 Å². The van der Waals surface area contributed by atoms with Crippen LogP contribution in [-0.4, -0.2) is 43.2 Å². The van der Waals surface area contributed by atoms with Crippen molar-refractivity contribution in [3.8, 4) is 0 Å². The topological polar surface area (TPSA) is 79.7 Å². The van der Waals surface area contributed by atoms with E-state index in [2.05, 4.69) is 70.4 Å². The fraction of sp³-hybridized carbons (Fsp3) is 0.407. The SMILES string of the molecule is Cc1ccc2cc([C@H](c3nnnn3CCc3ccccc3)N3CCC(C)CC3)c(=O)[nH]c2c1C. The van der Waals surface area contributed by atoms with Crippen molar-refractivity contribution in [3.63, 3.8) is 0 Å². The minimum Gasteiger partial charge on any atom is -0.321 e. The van der Waals surface area contributed by atoms with Crippen LogP contribution in [-0.2, 0) is 13.0 Å². The number of fused-ring (bicyclic) bond motifs is 1. The Hall–Kier alpha value is -3.32. The lowest BCUT2D eigenvalue weighted by molar-refractivity contribution is 0.149. The van der Waals surface area contributed by atoms with Crippen molar-refractivity contribution in [2.75, 3.05) is 13.1 Å². The van der Waals surface area contributed by atoms with Crippen molar-refractivity contribution in [1.82, 2.24) is 30.1 Å². The van der Waals surface area contributed by atoms with Gasteiger partial charge in [-0.15, -0.1) is 5.10 Å². The second-order valence-electron chi connectivity index (χ2n) is 9.64. The van der Waals surface area contributed by atoms with E-state index in [0.717, 1.165) is 54.6 Å². The summed E-state index contributed by atoms with van der Waals surface area (Å²) in [6.45, 7) is 8.92.